The number of amides is 1. The number of hydrogen-bond donors (Lipinski definition) is 0. The number of hydrogen-bond acceptors (Lipinski definition) is 3. The second kappa shape index (κ2) is 5.72. The average Bonchev–Trinajstić information content (AvgIpc) is 2.46. The molecular weight excluding hydrogens is 228 g/mol. The Labute approximate surface area is 105 Å². The van der Waals surface area contributed by atoms with E-state index in [2.05, 4.69) is 5.29 Å². The van der Waals surface area contributed by atoms with E-state index in [9.17, 15) is 9.70 Å². The van der Waals surface area contributed by atoms with Gasteiger partial charge in [-0.1, -0.05) is 48.5 Å². The molecule has 2 aromatic carbocycles. The third-order valence-electron chi connectivity index (χ3n) is 2.53. The lowest BCUT2D eigenvalue weighted by Crippen LogP contribution is -2.24. The quantitative estimate of drug-likeness (QED) is 0.609. The fourth-order valence-electron chi connectivity index (χ4n) is 1.62. The highest BCUT2D eigenvalue weighted by atomic mass is 16.3. The van der Waals surface area contributed by atoms with Crippen LogP contribution >= 0.6 is 0 Å². The lowest BCUT2D eigenvalue weighted by molar-refractivity contribution is 0.0745. The van der Waals surface area contributed by atoms with Crippen LogP contribution in [0.25, 0.3) is 0 Å². The Kier molecular flexibility index (Phi) is 3.81. The van der Waals surface area contributed by atoms with Gasteiger partial charge in [0.2, 0.25) is 0 Å². The van der Waals surface area contributed by atoms with E-state index in [1.807, 2.05) is 36.4 Å². The largest absolute Gasteiger partial charge is 0.276 e. The monoisotopic (exact) mass is 240 g/mol. The zero-order chi connectivity index (χ0) is 12.8. The Balaban J connectivity index is 2.15. The number of benzene rings is 2. The van der Waals surface area contributed by atoms with Crippen molar-refractivity contribution in [2.45, 2.75) is 6.54 Å². The van der Waals surface area contributed by atoms with Crippen LogP contribution < -0.4 is 0 Å². The van der Waals surface area contributed by atoms with Crippen LogP contribution in [-0.2, 0) is 6.54 Å². The van der Waals surface area contributed by atoms with Gasteiger partial charge in [-0.05, 0) is 17.7 Å². The van der Waals surface area contributed by atoms with Crippen molar-refractivity contribution in [1.82, 2.24) is 5.01 Å². The average molecular weight is 240 g/mol. The fourth-order valence-corrected chi connectivity index (χ4v) is 1.62. The Morgan fingerprint density at radius 1 is 0.944 bits per heavy atom. The second-order valence-electron chi connectivity index (χ2n) is 3.80. The van der Waals surface area contributed by atoms with Crippen LogP contribution in [0.1, 0.15) is 15.9 Å². The molecule has 0 aliphatic heterocycles. The summed E-state index contributed by atoms with van der Waals surface area (Å²) in [6.45, 7) is 0.179. The highest BCUT2D eigenvalue weighted by molar-refractivity contribution is 5.93. The molecule has 0 aliphatic rings. The van der Waals surface area contributed by atoms with Gasteiger partial charge in [0.15, 0.2) is 0 Å². The summed E-state index contributed by atoms with van der Waals surface area (Å²) in [7, 11) is 0. The molecule has 18 heavy (non-hydrogen) atoms. The second-order valence-corrected chi connectivity index (χ2v) is 3.80. The van der Waals surface area contributed by atoms with Gasteiger partial charge in [-0.2, -0.15) is 5.01 Å². The summed E-state index contributed by atoms with van der Waals surface area (Å²) in [6, 6.07) is 17.9. The maximum absolute atomic E-state index is 12.0. The molecule has 4 nitrogen and oxygen atoms in total. The molecule has 0 radical (unpaired) electrons. The number of rotatable bonds is 4. The maximum Gasteiger partial charge on any atom is 0.276 e. The Bertz CT molecular complexity index is 526. The normalized spacial score (nSPS) is 9.78. The van der Waals surface area contributed by atoms with Crippen LogP contribution in [0.4, 0.5) is 0 Å². The zero-order valence-electron chi connectivity index (χ0n) is 9.69. The van der Waals surface area contributed by atoms with E-state index in [1.54, 1.807) is 24.3 Å². The van der Waals surface area contributed by atoms with Gasteiger partial charge in [-0.25, -0.2) is 0 Å². The summed E-state index contributed by atoms with van der Waals surface area (Å²) in [5, 5.41) is 3.71. The van der Waals surface area contributed by atoms with Gasteiger partial charge in [0.25, 0.3) is 5.91 Å². The summed E-state index contributed by atoms with van der Waals surface area (Å²) in [5.74, 6) is -0.394. The van der Waals surface area contributed by atoms with Crippen molar-refractivity contribution in [3.05, 3.63) is 76.7 Å². The van der Waals surface area contributed by atoms with Gasteiger partial charge < -0.3 is 0 Å². The third kappa shape index (κ3) is 2.79. The van der Waals surface area contributed by atoms with E-state index in [1.165, 1.54) is 0 Å². The van der Waals surface area contributed by atoms with Crippen molar-refractivity contribution in [2.75, 3.05) is 0 Å². The maximum atomic E-state index is 12.0. The lowest BCUT2D eigenvalue weighted by Gasteiger charge is -2.13. The first-order valence-electron chi connectivity index (χ1n) is 5.55. The molecule has 0 saturated heterocycles. The molecule has 4 heteroatoms. The van der Waals surface area contributed by atoms with Crippen LogP contribution in [0.3, 0.4) is 0 Å². The van der Waals surface area contributed by atoms with Crippen molar-refractivity contribution < 1.29 is 4.79 Å². The zero-order valence-corrected chi connectivity index (χ0v) is 9.69. The number of carbonyl (C=O) groups excluding carboxylic acids is 1. The van der Waals surface area contributed by atoms with Crippen molar-refractivity contribution in [1.29, 1.82) is 0 Å². The standard InChI is InChI=1S/C14H12N2O2/c17-14(13-9-5-2-6-10-13)16(15-18)11-12-7-3-1-4-8-12/h1-10H,11H2. The fraction of sp³-hybridized carbons (Fsp3) is 0.0714. The van der Waals surface area contributed by atoms with Crippen molar-refractivity contribution in [3.63, 3.8) is 0 Å². The molecule has 0 saturated carbocycles. The van der Waals surface area contributed by atoms with Crippen molar-refractivity contribution in [3.8, 4) is 0 Å². The van der Waals surface area contributed by atoms with Crippen molar-refractivity contribution in [2.24, 2.45) is 5.29 Å². The first kappa shape index (κ1) is 12.0. The summed E-state index contributed by atoms with van der Waals surface area (Å²) in [6.07, 6.45) is 0. The Morgan fingerprint density at radius 2 is 1.50 bits per heavy atom. The van der Waals surface area contributed by atoms with Crippen molar-refractivity contribution >= 4 is 5.91 Å². The van der Waals surface area contributed by atoms with Gasteiger partial charge in [0.05, 0.1) is 11.8 Å². The molecule has 1 amide bonds. The summed E-state index contributed by atoms with van der Waals surface area (Å²) < 4.78 is 0. The van der Waals surface area contributed by atoms with Crippen LogP contribution in [-0.4, -0.2) is 10.9 Å². The van der Waals surface area contributed by atoms with Gasteiger partial charge in [-0.15, -0.1) is 4.91 Å². The van der Waals surface area contributed by atoms with Gasteiger partial charge >= 0.3 is 0 Å². The highest BCUT2D eigenvalue weighted by Gasteiger charge is 2.16. The molecule has 0 unspecified atom stereocenters. The molecular formula is C14H12N2O2. The summed E-state index contributed by atoms with van der Waals surface area (Å²) in [4.78, 5) is 22.8. The summed E-state index contributed by atoms with van der Waals surface area (Å²) >= 11 is 0. The number of carbonyl (C=O) groups is 1. The minimum absolute atomic E-state index is 0.179. The van der Waals surface area contributed by atoms with Crippen LogP contribution in [0.2, 0.25) is 0 Å². The predicted molar refractivity (Wildman–Crippen MR) is 68.6 cm³/mol. The molecule has 0 aliphatic carbocycles. The first-order chi connectivity index (χ1) is 8.81. The van der Waals surface area contributed by atoms with Crippen LogP contribution in [0.5, 0.6) is 0 Å². The van der Waals surface area contributed by atoms with Crippen LogP contribution in [0.15, 0.2) is 65.9 Å². The lowest BCUT2D eigenvalue weighted by atomic mass is 10.2. The van der Waals surface area contributed by atoms with Crippen LogP contribution in [0, 0.1) is 4.91 Å². The highest BCUT2D eigenvalue weighted by Crippen LogP contribution is 2.10. The van der Waals surface area contributed by atoms with E-state index < -0.39 is 5.91 Å². The molecule has 0 heterocycles. The number of nitroso groups, excluding NO2 is 1. The van der Waals surface area contributed by atoms with Gasteiger partial charge in [-0.3, -0.25) is 4.79 Å². The molecule has 2 rings (SSSR count). The molecule has 0 N–H and O–H groups in total. The van der Waals surface area contributed by atoms with Gasteiger partial charge in [0, 0.05) is 5.56 Å². The summed E-state index contributed by atoms with van der Waals surface area (Å²) in [5.41, 5.74) is 1.31. The molecule has 0 aromatic heterocycles. The minimum atomic E-state index is -0.394. The Hall–Kier alpha value is -2.49. The third-order valence-corrected chi connectivity index (χ3v) is 2.53. The van der Waals surface area contributed by atoms with E-state index in [4.69, 9.17) is 0 Å². The molecule has 0 fully saturated rings. The molecule has 0 spiro atoms. The van der Waals surface area contributed by atoms with E-state index in [0.29, 0.717) is 5.56 Å². The van der Waals surface area contributed by atoms with Gasteiger partial charge in [0.1, 0.15) is 0 Å². The number of nitrogens with zero attached hydrogens (tertiary/aromatic N) is 2. The SMILES string of the molecule is O=NN(Cc1ccccc1)C(=O)c1ccccc1. The Morgan fingerprint density at radius 3 is 2.06 bits per heavy atom. The van der Waals surface area contributed by atoms with E-state index in [-0.39, 0.29) is 6.54 Å². The van der Waals surface area contributed by atoms with E-state index in [0.717, 1.165) is 10.6 Å². The first-order valence-corrected chi connectivity index (χ1v) is 5.55. The smallest absolute Gasteiger partial charge is 0.267 e. The molecule has 0 bridgehead atoms. The molecule has 90 valence electrons. The molecule has 2 aromatic rings. The van der Waals surface area contributed by atoms with E-state index >= 15 is 0 Å². The predicted octanol–water partition coefficient (Wildman–Crippen LogP) is 3.01. The minimum Gasteiger partial charge on any atom is -0.267 e. The molecule has 0 atom stereocenters. The topological polar surface area (TPSA) is 49.7 Å².